The monoisotopic (exact) mass is 1470 g/mol. The third-order valence-electron chi connectivity index (χ3n) is 15.8. The maximum absolute atomic E-state index is 13.9. The lowest BCUT2D eigenvalue weighted by Crippen LogP contribution is -2.47. The summed E-state index contributed by atoms with van der Waals surface area (Å²) >= 11 is 0. The van der Waals surface area contributed by atoms with E-state index in [-0.39, 0.29) is 78.6 Å². The zero-order valence-corrected chi connectivity index (χ0v) is 61.1. The molecule has 0 bridgehead atoms. The number of imide groups is 1. The second-order valence-corrected chi connectivity index (χ2v) is 23.9. The molecule has 0 saturated carbocycles. The van der Waals surface area contributed by atoms with Crippen LogP contribution in [-0.2, 0) is 84.4 Å². The predicted octanol–water partition coefficient (Wildman–Crippen LogP) is 1.61. The number of unbranched alkanes of at least 4 members (excludes halogenated alkanes) is 1. The first-order valence-corrected chi connectivity index (χ1v) is 35.4. The van der Waals surface area contributed by atoms with Crippen molar-refractivity contribution in [3.63, 3.8) is 0 Å². The molecule has 105 heavy (non-hydrogen) atoms. The number of primary amides is 2. The Balaban J connectivity index is 0.813. The number of ether oxygens (including phenoxy) is 12. The molecule has 580 valence electrons. The number of aromatic nitrogens is 4. The molecule has 0 atom stereocenters. The van der Waals surface area contributed by atoms with Gasteiger partial charge >= 0.3 is 0 Å². The van der Waals surface area contributed by atoms with Gasteiger partial charge in [-0.3, -0.25) is 54.0 Å². The average molecular weight is 1480 g/mol. The molecule has 2 aliphatic heterocycles. The number of hydrogen-bond donors (Lipinski definition) is 9. The van der Waals surface area contributed by atoms with Gasteiger partial charge in [-0.1, -0.05) is 0 Å². The molecule has 2 aromatic heterocycles. The number of likely N-dealkylation sites (N-methyl/N-ethyl adjacent to an activating group) is 2. The van der Waals surface area contributed by atoms with Crippen LogP contribution in [0.15, 0.2) is 60.0 Å². The fraction of sp³-hybridized carbons (Fsp3) is 0.586. The number of amides is 7. The Morgan fingerprint density at radius 3 is 1.24 bits per heavy atom. The van der Waals surface area contributed by atoms with Gasteiger partial charge in [0, 0.05) is 107 Å². The van der Waals surface area contributed by atoms with Gasteiger partial charge in [-0.2, -0.15) is 0 Å². The molecule has 4 aromatic rings. The van der Waals surface area contributed by atoms with Crippen molar-refractivity contribution in [3.8, 4) is 11.5 Å². The van der Waals surface area contributed by atoms with Gasteiger partial charge in [-0.05, 0) is 83.4 Å². The molecule has 35 nitrogen and oxygen atoms in total. The molecule has 2 aliphatic rings. The van der Waals surface area contributed by atoms with Gasteiger partial charge in [0.1, 0.15) is 40.5 Å². The molecule has 7 amide bonds. The third kappa shape index (κ3) is 30.6. The SMILES string of the molecule is CCN/C(=C\C(C)=N)C(=O)Nc1nc2cc(C(N)=O)cc(OC)c2n1CCCCn1c(NC(=O)/C(=C/C(C)=N)NCC)nc2cc(C(N)=O)cc(OCCCN3CCN(CCOCCOCCOCCOCCOCCOCCOCCOCCOCCOCCNC(=O)CN4C(=O)C=CC4=O)CC3)c21. The summed E-state index contributed by atoms with van der Waals surface area (Å²) in [6, 6.07) is 6.18. The summed E-state index contributed by atoms with van der Waals surface area (Å²) in [4.78, 5) is 103. The van der Waals surface area contributed by atoms with E-state index in [0.29, 0.717) is 198 Å². The van der Waals surface area contributed by atoms with Crippen LogP contribution in [0.5, 0.6) is 11.5 Å². The Labute approximate surface area is 611 Å². The van der Waals surface area contributed by atoms with E-state index < -0.39 is 41.4 Å². The quantitative estimate of drug-likeness (QED) is 0.0131. The summed E-state index contributed by atoms with van der Waals surface area (Å²) in [5.41, 5.74) is 14.2. The highest BCUT2D eigenvalue weighted by molar-refractivity contribution is 6.14. The molecule has 0 spiro atoms. The fourth-order valence-corrected chi connectivity index (χ4v) is 10.8. The molecule has 0 aliphatic carbocycles. The number of hydrogen-bond acceptors (Lipinski definition) is 27. The summed E-state index contributed by atoms with van der Waals surface area (Å²) in [5.74, 6) is -2.94. The molecule has 1 saturated heterocycles. The number of piperazine rings is 1. The van der Waals surface area contributed by atoms with E-state index in [1.807, 2.05) is 18.4 Å². The average Bonchev–Trinajstić information content (AvgIpc) is 1.64. The Morgan fingerprint density at radius 2 is 0.857 bits per heavy atom. The van der Waals surface area contributed by atoms with E-state index in [2.05, 4.69) is 36.4 Å². The molecular formula is C70H106N16O19. The second kappa shape index (κ2) is 48.3. The number of imidazole rings is 2. The van der Waals surface area contributed by atoms with Crippen molar-refractivity contribution in [1.29, 1.82) is 10.8 Å². The van der Waals surface area contributed by atoms with E-state index in [1.165, 1.54) is 31.4 Å². The van der Waals surface area contributed by atoms with E-state index in [0.717, 1.165) is 56.3 Å². The number of benzene rings is 2. The van der Waals surface area contributed by atoms with E-state index >= 15 is 0 Å². The Kier molecular flexibility index (Phi) is 39.1. The number of carbonyl (C=O) groups is 7. The fourth-order valence-electron chi connectivity index (χ4n) is 10.8. The number of allylic oxidation sites excluding steroid dienone is 2. The summed E-state index contributed by atoms with van der Waals surface area (Å²) in [6.45, 7) is 22.0. The van der Waals surface area contributed by atoms with Crippen LogP contribution in [0.1, 0.15) is 67.7 Å². The van der Waals surface area contributed by atoms with E-state index in [1.54, 1.807) is 30.5 Å². The highest BCUT2D eigenvalue weighted by atomic mass is 16.6. The highest BCUT2D eigenvalue weighted by Crippen LogP contribution is 2.34. The van der Waals surface area contributed by atoms with Crippen LogP contribution in [0, 0.1) is 10.8 Å². The van der Waals surface area contributed by atoms with Crippen molar-refractivity contribution in [2.75, 3.05) is 222 Å². The van der Waals surface area contributed by atoms with E-state index in [9.17, 15) is 33.6 Å². The number of nitrogens with zero attached hydrogens (tertiary/aromatic N) is 7. The van der Waals surface area contributed by atoms with Crippen LogP contribution in [0.4, 0.5) is 11.9 Å². The number of nitrogens with one attached hydrogen (secondary N) is 7. The van der Waals surface area contributed by atoms with Crippen LogP contribution < -0.4 is 47.5 Å². The number of carbonyl (C=O) groups excluding carboxylic acids is 7. The van der Waals surface area contributed by atoms with Crippen molar-refractivity contribution in [2.45, 2.75) is 60.0 Å². The number of methoxy groups -OCH3 is 1. The Hall–Kier alpha value is -8.85. The topological polar surface area (TPSA) is 436 Å². The molecule has 35 heteroatoms. The van der Waals surface area contributed by atoms with Gasteiger partial charge in [0.25, 0.3) is 23.6 Å². The van der Waals surface area contributed by atoms with Crippen LogP contribution in [0.3, 0.4) is 0 Å². The van der Waals surface area contributed by atoms with Crippen molar-refractivity contribution >= 4 is 86.7 Å². The van der Waals surface area contributed by atoms with Gasteiger partial charge in [-0.15, -0.1) is 0 Å². The first-order chi connectivity index (χ1) is 50.9. The summed E-state index contributed by atoms with van der Waals surface area (Å²) in [7, 11) is 1.45. The standard InChI is InChI=1S/C70H106N16O19/c1-6-75-56(43-50(3)71)67(92)80-69-78-54-45-52(65(73)90)47-58(94-5)63(54)84(69)15-8-9-16-85-64-55(79-70(85)81-68(93)57(76-7-2)44-51(4)72)46-53(66(74)91)48-59(64)105-22-10-14-82-17-19-83(20-18-82)21-24-96-26-28-98-30-32-100-34-36-102-38-40-104-42-41-103-39-37-101-35-33-99-31-29-97-27-25-95-23-13-77-60(87)49-86-61(88)11-12-62(86)89/h11-12,43-48,71-72,75-76H,6-10,13-42,49H2,1-5H3,(H2,73,90)(H2,74,91)(H,77,87)(H,78,80,92)(H,79,81,93)/b56-43-,57-44-,71-50?,72-51?. The minimum atomic E-state index is -0.691. The minimum Gasteiger partial charge on any atom is -0.494 e. The number of nitrogens with two attached hydrogens (primary N) is 2. The van der Waals surface area contributed by atoms with Crippen LogP contribution >= 0.6 is 0 Å². The summed E-state index contributed by atoms with van der Waals surface area (Å²) < 4.78 is 71.5. The molecular weight excluding hydrogens is 1370 g/mol. The molecule has 1 fully saturated rings. The molecule has 0 unspecified atom stereocenters. The molecule has 0 radical (unpaired) electrons. The smallest absolute Gasteiger partial charge is 0.274 e. The number of rotatable bonds is 58. The largest absolute Gasteiger partial charge is 0.494 e. The molecule has 2 aromatic carbocycles. The van der Waals surface area contributed by atoms with Gasteiger partial charge < -0.3 is 109 Å². The minimum absolute atomic E-state index is 0.156. The molecule has 11 N–H and O–H groups in total. The van der Waals surface area contributed by atoms with Gasteiger partial charge in [0.2, 0.25) is 29.6 Å². The second-order valence-electron chi connectivity index (χ2n) is 23.9. The van der Waals surface area contributed by atoms with E-state index in [4.69, 9.17) is 89.1 Å². The number of fused-ring (bicyclic) bond motifs is 2. The Morgan fingerprint density at radius 1 is 0.486 bits per heavy atom. The third-order valence-corrected chi connectivity index (χ3v) is 15.8. The summed E-state index contributed by atoms with van der Waals surface area (Å²) in [6.07, 6.45) is 6.68. The zero-order valence-electron chi connectivity index (χ0n) is 61.1. The normalized spacial score (nSPS) is 13.7. The maximum Gasteiger partial charge on any atom is 0.274 e. The van der Waals surface area contributed by atoms with Crippen molar-refractivity contribution in [1.82, 2.24) is 49.8 Å². The van der Waals surface area contributed by atoms with Gasteiger partial charge in [0.15, 0.2) is 0 Å². The van der Waals surface area contributed by atoms with Crippen molar-refractivity contribution < 1.29 is 90.4 Å². The molecule has 6 rings (SSSR count). The van der Waals surface area contributed by atoms with Crippen LogP contribution in [-0.4, -0.2) is 298 Å². The lowest BCUT2D eigenvalue weighted by molar-refractivity contribution is -0.141. The lowest BCUT2D eigenvalue weighted by atomic mass is 10.1. The number of anilines is 2. The first kappa shape index (κ1) is 85.1. The van der Waals surface area contributed by atoms with Crippen molar-refractivity contribution in [2.24, 2.45) is 11.5 Å². The first-order valence-electron chi connectivity index (χ1n) is 35.4. The van der Waals surface area contributed by atoms with Gasteiger partial charge in [-0.25, -0.2) is 9.97 Å². The number of aryl methyl sites for hydroxylation is 2. The van der Waals surface area contributed by atoms with Gasteiger partial charge in [0.05, 0.1) is 157 Å². The summed E-state index contributed by atoms with van der Waals surface area (Å²) in [5, 5.41) is 30.5. The predicted molar refractivity (Wildman–Crippen MR) is 390 cm³/mol. The zero-order chi connectivity index (χ0) is 75.6. The highest BCUT2D eigenvalue weighted by Gasteiger charge is 2.27. The molecule has 4 heterocycles. The van der Waals surface area contributed by atoms with Crippen LogP contribution in [0.2, 0.25) is 0 Å². The maximum atomic E-state index is 13.9. The Bertz CT molecular complexity index is 3530. The lowest BCUT2D eigenvalue weighted by Gasteiger charge is -2.34. The van der Waals surface area contributed by atoms with Crippen LogP contribution in [0.25, 0.3) is 22.1 Å². The van der Waals surface area contributed by atoms with Crippen molar-refractivity contribution in [3.05, 3.63) is 71.1 Å².